The van der Waals surface area contributed by atoms with Crippen LogP contribution < -0.4 is 16.1 Å². The summed E-state index contributed by atoms with van der Waals surface area (Å²) in [5, 5.41) is 7.75. The second kappa shape index (κ2) is 21.4. The van der Waals surface area contributed by atoms with Crippen molar-refractivity contribution in [2.75, 3.05) is 13.2 Å². The Bertz CT molecular complexity index is 2020. The minimum atomic E-state index is -2.11. The first-order valence-electron chi connectivity index (χ1n) is 22.1. The number of benzene rings is 1. The number of nitrogens with one attached hydrogen (secondary N) is 3. The smallest absolute Gasteiger partial charge is 0.408 e. The number of carbonyl (C=O) groups excluding carboxylic acids is 5. The fourth-order valence-corrected chi connectivity index (χ4v) is 8.84. The van der Waals surface area contributed by atoms with E-state index in [1.54, 1.807) is 34.6 Å². The summed E-state index contributed by atoms with van der Waals surface area (Å²) < 4.78 is 21.7. The van der Waals surface area contributed by atoms with Crippen LogP contribution in [-0.4, -0.2) is 95.0 Å². The lowest BCUT2D eigenvalue weighted by atomic mass is 9.72. The van der Waals surface area contributed by atoms with Gasteiger partial charge < -0.3 is 29.3 Å². The molecule has 3 N–H and O–H groups in total. The summed E-state index contributed by atoms with van der Waals surface area (Å²) in [6, 6.07) is 7.32. The molecule has 356 valence electrons. The maximum Gasteiger partial charge on any atom is 0.408 e. The number of aromatic nitrogens is 1. The zero-order chi connectivity index (χ0) is 48.0. The molecule has 0 unspecified atom stereocenters. The predicted molar refractivity (Wildman–Crippen MR) is 253 cm³/mol. The van der Waals surface area contributed by atoms with Crippen LogP contribution in [0.3, 0.4) is 0 Å². The number of fused-ring (bicyclic) bond motifs is 1. The van der Waals surface area contributed by atoms with E-state index in [-0.39, 0.29) is 17.7 Å². The normalized spacial score (nSPS) is 21.5. The van der Waals surface area contributed by atoms with Crippen molar-refractivity contribution < 1.29 is 42.6 Å². The molecule has 2 fully saturated rings. The molecule has 0 radical (unpaired) electrons. The molecule has 2 aromatic rings. The van der Waals surface area contributed by atoms with Crippen LogP contribution in [0.2, 0.25) is 18.1 Å². The number of halogens is 3. The van der Waals surface area contributed by atoms with E-state index in [0.717, 1.165) is 10.9 Å². The SMILES string of the molecule is CC(C)[C@H](OC(=O)C1(/C=C/c2ccc3ccc([C@@H](C)NC(=O)OC(C)(C)C)nc3c2)CCC(O[Si](C)(C)C(C)(C)C)CC1)C(=O)N[C@@H](C)C(=O)N1CCC[C@@H](C(=O)OCC(Cl)(Cl)Cl)N1. The van der Waals surface area contributed by atoms with Crippen molar-refractivity contribution in [2.24, 2.45) is 11.3 Å². The fraction of sp³-hybridized carbons (Fsp3) is 0.652. The molecule has 1 aromatic carbocycles. The van der Waals surface area contributed by atoms with E-state index in [1.165, 1.54) is 11.9 Å². The minimum absolute atomic E-state index is 0.00874. The summed E-state index contributed by atoms with van der Waals surface area (Å²) in [4.78, 5) is 72.0. The Morgan fingerprint density at radius 2 is 1.59 bits per heavy atom. The van der Waals surface area contributed by atoms with Crippen LogP contribution in [0.25, 0.3) is 17.0 Å². The van der Waals surface area contributed by atoms with Crippen LogP contribution in [0.5, 0.6) is 0 Å². The van der Waals surface area contributed by atoms with Gasteiger partial charge in [0.1, 0.15) is 24.3 Å². The maximum absolute atomic E-state index is 14.6. The molecular formula is C46H68Cl3N5O9Si. The second-order valence-electron chi connectivity index (χ2n) is 20.0. The Morgan fingerprint density at radius 1 is 0.953 bits per heavy atom. The number of alkyl halides is 3. The minimum Gasteiger partial charge on any atom is -0.460 e. The highest BCUT2D eigenvalue weighted by Crippen LogP contribution is 2.44. The van der Waals surface area contributed by atoms with Gasteiger partial charge in [-0.15, -0.1) is 0 Å². The van der Waals surface area contributed by atoms with Crippen LogP contribution >= 0.6 is 34.8 Å². The van der Waals surface area contributed by atoms with E-state index < -0.39 is 89.7 Å². The third-order valence-electron chi connectivity index (χ3n) is 12.0. The lowest BCUT2D eigenvalue weighted by molar-refractivity contribution is -0.168. The van der Waals surface area contributed by atoms with Crippen molar-refractivity contribution in [1.29, 1.82) is 0 Å². The molecule has 1 aliphatic heterocycles. The van der Waals surface area contributed by atoms with Crippen molar-refractivity contribution in [1.82, 2.24) is 26.1 Å². The number of ether oxygens (including phenoxy) is 3. The van der Waals surface area contributed by atoms with Gasteiger partial charge in [0.05, 0.1) is 22.7 Å². The molecule has 1 aliphatic carbocycles. The highest BCUT2D eigenvalue weighted by atomic mass is 35.6. The number of alkyl carbamates (subject to hydrolysis) is 1. The van der Waals surface area contributed by atoms with Crippen LogP contribution in [0.1, 0.15) is 125 Å². The Balaban J connectivity index is 1.54. The Morgan fingerprint density at radius 3 is 2.19 bits per heavy atom. The first kappa shape index (κ1) is 53.1. The zero-order valence-corrected chi connectivity index (χ0v) is 42.6. The van der Waals surface area contributed by atoms with E-state index in [9.17, 15) is 24.0 Å². The Labute approximate surface area is 394 Å². The average molecular weight is 970 g/mol. The fourth-order valence-electron chi connectivity index (χ4n) is 7.25. The molecule has 1 aromatic heterocycles. The number of nitrogens with zero attached hydrogens (tertiary/aromatic N) is 2. The van der Waals surface area contributed by atoms with E-state index in [1.807, 2.05) is 49.4 Å². The topological polar surface area (TPSA) is 174 Å². The summed E-state index contributed by atoms with van der Waals surface area (Å²) in [7, 11) is -2.11. The van der Waals surface area contributed by atoms with Gasteiger partial charge in [0, 0.05) is 18.0 Å². The average Bonchev–Trinajstić information content (AvgIpc) is 3.19. The lowest BCUT2D eigenvalue weighted by Crippen LogP contribution is -2.60. The Kier molecular flexibility index (Phi) is 17.8. The summed E-state index contributed by atoms with van der Waals surface area (Å²) in [6.07, 6.45) is 4.95. The zero-order valence-electron chi connectivity index (χ0n) is 39.4. The molecule has 3 amide bonds. The highest BCUT2D eigenvalue weighted by molar-refractivity contribution is 6.74. The lowest BCUT2D eigenvalue weighted by Gasteiger charge is -2.43. The maximum atomic E-state index is 14.6. The molecule has 4 atom stereocenters. The van der Waals surface area contributed by atoms with Crippen molar-refractivity contribution in [2.45, 2.75) is 166 Å². The van der Waals surface area contributed by atoms with Crippen molar-refractivity contribution in [3.05, 3.63) is 47.7 Å². The number of hydrogen-bond donors (Lipinski definition) is 3. The molecule has 14 nitrogen and oxygen atoms in total. The molecule has 18 heteroatoms. The second-order valence-corrected chi connectivity index (χ2v) is 27.2. The van der Waals surface area contributed by atoms with Gasteiger partial charge in [-0.1, -0.05) is 99.8 Å². The number of amides is 3. The first-order chi connectivity index (χ1) is 29.5. The summed E-state index contributed by atoms with van der Waals surface area (Å²) in [5.41, 5.74) is 3.30. The molecule has 4 rings (SSSR count). The van der Waals surface area contributed by atoms with E-state index in [2.05, 4.69) is 49.9 Å². The van der Waals surface area contributed by atoms with Gasteiger partial charge in [0.25, 0.3) is 11.8 Å². The molecule has 0 bridgehead atoms. The van der Waals surface area contributed by atoms with Gasteiger partial charge in [-0.05, 0) is 115 Å². The van der Waals surface area contributed by atoms with Crippen molar-refractivity contribution >= 4 is 89.9 Å². The van der Waals surface area contributed by atoms with Crippen LogP contribution in [0.4, 0.5) is 4.79 Å². The quantitative estimate of drug-likeness (QED) is 0.0713. The third kappa shape index (κ3) is 15.0. The predicted octanol–water partition coefficient (Wildman–Crippen LogP) is 9.27. The number of pyridine rings is 1. The van der Waals surface area contributed by atoms with Gasteiger partial charge in [0.2, 0.25) is 3.79 Å². The van der Waals surface area contributed by atoms with Gasteiger partial charge in [-0.25, -0.2) is 10.2 Å². The number of esters is 2. The summed E-state index contributed by atoms with van der Waals surface area (Å²) in [6.45, 7) is 23.2. The van der Waals surface area contributed by atoms with E-state index >= 15 is 0 Å². The third-order valence-corrected chi connectivity index (χ3v) is 16.8. The molecule has 64 heavy (non-hydrogen) atoms. The van der Waals surface area contributed by atoms with Crippen LogP contribution in [0, 0.1) is 11.3 Å². The molecule has 1 saturated carbocycles. The largest absolute Gasteiger partial charge is 0.460 e. The number of hydrogen-bond acceptors (Lipinski definition) is 11. The number of carbonyl (C=O) groups is 5. The van der Waals surface area contributed by atoms with Gasteiger partial charge in [-0.2, -0.15) is 0 Å². The highest BCUT2D eigenvalue weighted by Gasteiger charge is 2.46. The van der Waals surface area contributed by atoms with Gasteiger partial charge in [0.15, 0.2) is 14.4 Å². The first-order valence-corrected chi connectivity index (χ1v) is 26.1. The molecule has 0 spiro atoms. The number of hydrazine groups is 1. The van der Waals surface area contributed by atoms with Crippen molar-refractivity contribution in [3.8, 4) is 0 Å². The number of rotatable bonds is 14. The van der Waals surface area contributed by atoms with Crippen LogP contribution in [-0.2, 0) is 37.8 Å². The van der Waals surface area contributed by atoms with Crippen LogP contribution in [0.15, 0.2) is 36.4 Å². The molecule has 2 aliphatic rings. The van der Waals surface area contributed by atoms with Gasteiger partial charge >= 0.3 is 18.0 Å². The Hall–Kier alpha value is -3.47. The molecule has 1 saturated heterocycles. The molecule has 2 heterocycles. The van der Waals surface area contributed by atoms with Crippen molar-refractivity contribution in [3.63, 3.8) is 0 Å². The molecular weight excluding hydrogens is 901 g/mol. The monoisotopic (exact) mass is 967 g/mol. The van der Waals surface area contributed by atoms with E-state index in [0.29, 0.717) is 49.7 Å². The van der Waals surface area contributed by atoms with Gasteiger partial charge in [-0.3, -0.25) is 29.2 Å². The standard InChI is InChI=1S/C46H68Cl3N5O9Si/c1-28(2)37(38(55)50-30(4)39(56)54-25-13-14-35(53-54)40(57)60-27-46(47,48)49)61-41(58)45(23-20-33(21-24-45)63-64(11,12)44(8,9)10)22-19-31-15-16-32-17-18-34(52-36(32)26-31)29(3)51-42(59)62-43(5,6)7/h15-19,22,26,28-30,33,35,37,53H,13-14,20-21,23-25,27H2,1-12H3,(H,50,55)(H,51,59)/b22-19+/t29-,30+,33?,35+,37+,45?/m1/s1. The van der Waals surface area contributed by atoms with E-state index in [4.69, 9.17) is 58.4 Å². The summed E-state index contributed by atoms with van der Waals surface area (Å²) in [5.74, 6) is -2.78. The summed E-state index contributed by atoms with van der Waals surface area (Å²) >= 11 is 17.2.